The lowest BCUT2D eigenvalue weighted by Gasteiger charge is -2.21. The molecule has 0 unspecified atom stereocenters. The highest BCUT2D eigenvalue weighted by Crippen LogP contribution is 2.24. The van der Waals surface area contributed by atoms with Crippen LogP contribution in [0.5, 0.6) is 0 Å². The van der Waals surface area contributed by atoms with Gasteiger partial charge in [0, 0.05) is 16.8 Å². The molecule has 0 spiro atoms. The van der Waals surface area contributed by atoms with Gasteiger partial charge in [0.05, 0.1) is 5.02 Å². The van der Waals surface area contributed by atoms with Crippen LogP contribution in [-0.4, -0.2) is 19.9 Å². The molecule has 0 bridgehead atoms. The van der Waals surface area contributed by atoms with Crippen molar-refractivity contribution in [2.24, 2.45) is 0 Å². The van der Waals surface area contributed by atoms with Crippen LogP contribution in [0.2, 0.25) is 5.02 Å². The van der Waals surface area contributed by atoms with Crippen LogP contribution in [0.15, 0.2) is 47.4 Å². The number of hydrogen-bond acceptors (Lipinski definition) is 3. The summed E-state index contributed by atoms with van der Waals surface area (Å²) < 4.78 is 40.6. The van der Waals surface area contributed by atoms with Gasteiger partial charge in [-0.15, -0.1) is 0 Å². The molecule has 25 heavy (non-hydrogen) atoms. The summed E-state index contributed by atoms with van der Waals surface area (Å²) >= 11 is 5.99. The van der Waals surface area contributed by atoms with E-state index in [1.165, 1.54) is 36.4 Å². The maximum absolute atomic E-state index is 13.2. The fourth-order valence-corrected chi connectivity index (χ4v) is 4.02. The maximum atomic E-state index is 13.2. The zero-order valence-corrected chi connectivity index (χ0v) is 15.5. The highest BCUT2D eigenvalue weighted by molar-refractivity contribution is 7.89. The first-order valence-corrected chi connectivity index (χ1v) is 9.24. The standard InChI is InChI=1S/C17H18ClFN2O3S/c1-17(2,3)21-25(23,24)15-9-11(7-8-14(15)18)16(22)20-13-6-4-5-12(19)10-13/h4-10,21H,1-3H3,(H,20,22). The molecule has 2 aromatic carbocycles. The number of amides is 1. The molecule has 0 aliphatic heterocycles. The van der Waals surface area contributed by atoms with E-state index in [9.17, 15) is 17.6 Å². The van der Waals surface area contributed by atoms with Gasteiger partial charge in [0.25, 0.3) is 5.91 Å². The Bertz CT molecular complexity index is 908. The predicted molar refractivity (Wildman–Crippen MR) is 95.9 cm³/mol. The van der Waals surface area contributed by atoms with E-state index >= 15 is 0 Å². The lowest BCUT2D eigenvalue weighted by Crippen LogP contribution is -2.40. The molecule has 0 aliphatic carbocycles. The smallest absolute Gasteiger partial charge is 0.255 e. The Morgan fingerprint density at radius 3 is 2.40 bits per heavy atom. The minimum absolute atomic E-state index is 0.000874. The average Bonchev–Trinajstić information content (AvgIpc) is 2.44. The van der Waals surface area contributed by atoms with Crippen molar-refractivity contribution in [1.29, 1.82) is 0 Å². The largest absolute Gasteiger partial charge is 0.322 e. The highest BCUT2D eigenvalue weighted by atomic mass is 35.5. The summed E-state index contributed by atoms with van der Waals surface area (Å²) in [6.07, 6.45) is 0. The van der Waals surface area contributed by atoms with Crippen molar-refractivity contribution in [3.8, 4) is 0 Å². The Morgan fingerprint density at radius 2 is 1.80 bits per heavy atom. The van der Waals surface area contributed by atoms with Crippen LogP contribution < -0.4 is 10.0 Å². The van der Waals surface area contributed by atoms with Crippen molar-refractivity contribution >= 4 is 33.2 Å². The second-order valence-electron chi connectivity index (χ2n) is 6.47. The summed E-state index contributed by atoms with van der Waals surface area (Å²) in [7, 11) is -3.91. The average molecular weight is 385 g/mol. The highest BCUT2D eigenvalue weighted by Gasteiger charge is 2.25. The molecule has 134 valence electrons. The lowest BCUT2D eigenvalue weighted by atomic mass is 10.1. The minimum Gasteiger partial charge on any atom is -0.322 e. The van der Waals surface area contributed by atoms with Gasteiger partial charge in [0.1, 0.15) is 10.7 Å². The van der Waals surface area contributed by atoms with Crippen molar-refractivity contribution in [3.05, 3.63) is 58.9 Å². The number of anilines is 1. The van der Waals surface area contributed by atoms with E-state index in [1.54, 1.807) is 20.8 Å². The number of rotatable bonds is 4. The zero-order chi connectivity index (χ0) is 18.8. The molecule has 0 radical (unpaired) electrons. The number of hydrogen-bond donors (Lipinski definition) is 2. The number of halogens is 2. The third kappa shape index (κ3) is 5.26. The summed E-state index contributed by atoms with van der Waals surface area (Å²) in [5.74, 6) is -1.07. The summed E-state index contributed by atoms with van der Waals surface area (Å²) in [5, 5.41) is 2.51. The molecule has 8 heteroatoms. The van der Waals surface area contributed by atoms with E-state index in [0.29, 0.717) is 0 Å². The van der Waals surface area contributed by atoms with Crippen LogP contribution in [0.3, 0.4) is 0 Å². The Labute approximate surface area is 151 Å². The van der Waals surface area contributed by atoms with Gasteiger partial charge >= 0.3 is 0 Å². The van der Waals surface area contributed by atoms with E-state index in [-0.39, 0.29) is 21.2 Å². The van der Waals surface area contributed by atoms with Gasteiger partial charge in [0.15, 0.2) is 0 Å². The Hall–Kier alpha value is -1.96. The first-order valence-electron chi connectivity index (χ1n) is 7.38. The summed E-state index contributed by atoms with van der Waals surface area (Å²) in [5.41, 5.74) is -0.359. The molecule has 2 rings (SSSR count). The van der Waals surface area contributed by atoms with Crippen molar-refractivity contribution in [3.63, 3.8) is 0 Å². The summed E-state index contributed by atoms with van der Waals surface area (Å²) in [6.45, 7) is 5.08. The van der Waals surface area contributed by atoms with Crippen LogP contribution in [0.4, 0.5) is 10.1 Å². The first-order chi connectivity index (χ1) is 11.5. The van der Waals surface area contributed by atoms with E-state index < -0.39 is 27.3 Å². The first kappa shape index (κ1) is 19.4. The van der Waals surface area contributed by atoms with Crippen LogP contribution in [0.1, 0.15) is 31.1 Å². The molecule has 0 aliphatic rings. The maximum Gasteiger partial charge on any atom is 0.255 e. The SMILES string of the molecule is CC(C)(C)NS(=O)(=O)c1cc(C(=O)Nc2cccc(F)c2)ccc1Cl. The van der Waals surface area contributed by atoms with Gasteiger partial charge in [-0.05, 0) is 57.2 Å². The van der Waals surface area contributed by atoms with Crippen LogP contribution >= 0.6 is 11.6 Å². The normalized spacial score (nSPS) is 12.0. The quantitative estimate of drug-likeness (QED) is 0.841. The van der Waals surface area contributed by atoms with E-state index in [1.807, 2.05) is 0 Å². The molecule has 0 heterocycles. The third-order valence-corrected chi connectivity index (χ3v) is 5.25. The number of carbonyl (C=O) groups is 1. The zero-order valence-electron chi connectivity index (χ0n) is 13.9. The number of nitrogens with one attached hydrogen (secondary N) is 2. The van der Waals surface area contributed by atoms with E-state index in [0.717, 1.165) is 6.07 Å². The van der Waals surface area contributed by atoms with Crippen molar-refractivity contribution in [2.45, 2.75) is 31.2 Å². The summed E-state index contributed by atoms with van der Waals surface area (Å²) in [6, 6.07) is 9.30. The van der Waals surface area contributed by atoms with Gasteiger partial charge < -0.3 is 5.32 Å². The molecule has 0 aromatic heterocycles. The van der Waals surface area contributed by atoms with Crippen LogP contribution in [0.25, 0.3) is 0 Å². The van der Waals surface area contributed by atoms with Gasteiger partial charge in [-0.25, -0.2) is 17.5 Å². The molecule has 1 amide bonds. The lowest BCUT2D eigenvalue weighted by molar-refractivity contribution is 0.102. The topological polar surface area (TPSA) is 75.3 Å². The van der Waals surface area contributed by atoms with Crippen molar-refractivity contribution < 1.29 is 17.6 Å². The van der Waals surface area contributed by atoms with E-state index in [4.69, 9.17) is 11.6 Å². The number of benzene rings is 2. The van der Waals surface area contributed by atoms with Gasteiger partial charge in [-0.1, -0.05) is 17.7 Å². The number of sulfonamides is 1. The van der Waals surface area contributed by atoms with Crippen molar-refractivity contribution in [2.75, 3.05) is 5.32 Å². The molecule has 5 nitrogen and oxygen atoms in total. The Morgan fingerprint density at radius 1 is 1.12 bits per heavy atom. The molecule has 0 fully saturated rings. The van der Waals surface area contributed by atoms with E-state index in [2.05, 4.69) is 10.0 Å². The number of carbonyl (C=O) groups excluding carboxylic acids is 1. The Kier molecular flexibility index (Phi) is 5.51. The van der Waals surface area contributed by atoms with Crippen molar-refractivity contribution in [1.82, 2.24) is 4.72 Å². The van der Waals surface area contributed by atoms with Crippen LogP contribution in [-0.2, 0) is 10.0 Å². The Balaban J connectivity index is 2.33. The second-order valence-corrected chi connectivity index (χ2v) is 8.52. The summed E-state index contributed by atoms with van der Waals surface area (Å²) in [4.78, 5) is 12.1. The molecule has 0 saturated carbocycles. The van der Waals surface area contributed by atoms with Gasteiger partial charge in [-0.2, -0.15) is 0 Å². The molecule has 2 aromatic rings. The molecular formula is C17H18ClFN2O3S. The fourth-order valence-electron chi connectivity index (χ4n) is 2.08. The minimum atomic E-state index is -3.91. The molecular weight excluding hydrogens is 367 g/mol. The third-order valence-electron chi connectivity index (χ3n) is 3.01. The monoisotopic (exact) mass is 384 g/mol. The molecule has 0 atom stereocenters. The fraction of sp³-hybridized carbons (Fsp3) is 0.235. The predicted octanol–water partition coefficient (Wildman–Crippen LogP) is 3.81. The van der Waals surface area contributed by atoms with Gasteiger partial charge in [-0.3, -0.25) is 4.79 Å². The molecule has 0 saturated heterocycles. The second kappa shape index (κ2) is 7.11. The van der Waals surface area contributed by atoms with Gasteiger partial charge in [0.2, 0.25) is 10.0 Å². The van der Waals surface area contributed by atoms with Crippen LogP contribution in [0, 0.1) is 5.82 Å². The molecule has 2 N–H and O–H groups in total.